The summed E-state index contributed by atoms with van der Waals surface area (Å²) >= 11 is 0. The van der Waals surface area contributed by atoms with Crippen molar-refractivity contribution in [2.24, 2.45) is 0 Å². The van der Waals surface area contributed by atoms with Crippen molar-refractivity contribution in [2.45, 2.75) is 32.3 Å². The zero-order valence-corrected chi connectivity index (χ0v) is 13.2. The lowest BCUT2D eigenvalue weighted by atomic mass is 10.1. The van der Waals surface area contributed by atoms with Crippen LogP contribution in [0.25, 0.3) is 5.65 Å². The molecule has 0 saturated heterocycles. The Morgan fingerprint density at radius 1 is 1.26 bits per heavy atom. The molecule has 0 spiro atoms. The molecule has 0 radical (unpaired) electrons. The number of hydrogen-bond donors (Lipinski definition) is 1. The molecule has 5 nitrogen and oxygen atoms in total. The van der Waals surface area contributed by atoms with Crippen LogP contribution >= 0.6 is 0 Å². The lowest BCUT2D eigenvalue weighted by Gasteiger charge is -2.11. The predicted octanol–water partition coefficient (Wildman–Crippen LogP) is 3.62. The molecule has 1 aliphatic heterocycles. The van der Waals surface area contributed by atoms with Gasteiger partial charge in [-0.05, 0) is 30.2 Å². The number of nitrogens with zero attached hydrogens (tertiary/aromatic N) is 3. The van der Waals surface area contributed by atoms with Crippen molar-refractivity contribution in [3.8, 4) is 5.75 Å². The number of benzene rings is 1. The van der Waals surface area contributed by atoms with E-state index in [-0.39, 0.29) is 6.10 Å². The Morgan fingerprint density at radius 2 is 2.17 bits per heavy atom. The largest absolute Gasteiger partial charge is 0.483 e. The number of nitrogens with one attached hydrogen (secondary N) is 1. The molecule has 0 bridgehead atoms. The number of para-hydroxylation sites is 1. The van der Waals surface area contributed by atoms with Gasteiger partial charge in [0.05, 0.1) is 6.20 Å². The SMILES string of the molecule is CCCCNc1ccc2ncc(C3Cc4ccccc4O3)n2n1. The van der Waals surface area contributed by atoms with E-state index in [9.17, 15) is 0 Å². The highest BCUT2D eigenvalue weighted by molar-refractivity contribution is 5.47. The van der Waals surface area contributed by atoms with Gasteiger partial charge in [-0.25, -0.2) is 9.50 Å². The summed E-state index contributed by atoms with van der Waals surface area (Å²) in [5.74, 6) is 1.84. The van der Waals surface area contributed by atoms with Crippen LogP contribution in [0.15, 0.2) is 42.6 Å². The third-order valence-corrected chi connectivity index (χ3v) is 4.20. The van der Waals surface area contributed by atoms with E-state index < -0.39 is 0 Å². The van der Waals surface area contributed by atoms with E-state index >= 15 is 0 Å². The molecule has 0 aliphatic carbocycles. The van der Waals surface area contributed by atoms with E-state index in [1.807, 2.05) is 41.0 Å². The molecule has 1 aromatic carbocycles. The van der Waals surface area contributed by atoms with Gasteiger partial charge in [0.15, 0.2) is 5.65 Å². The normalized spacial score (nSPS) is 16.3. The van der Waals surface area contributed by atoms with Crippen LogP contribution in [0, 0.1) is 0 Å². The smallest absolute Gasteiger partial charge is 0.154 e. The molecule has 118 valence electrons. The maximum absolute atomic E-state index is 6.08. The Labute approximate surface area is 135 Å². The number of rotatable bonds is 5. The zero-order valence-electron chi connectivity index (χ0n) is 13.2. The third kappa shape index (κ3) is 2.63. The van der Waals surface area contributed by atoms with Crippen LogP contribution in [-0.4, -0.2) is 21.1 Å². The van der Waals surface area contributed by atoms with Crippen molar-refractivity contribution < 1.29 is 4.74 Å². The molecule has 1 aliphatic rings. The van der Waals surface area contributed by atoms with E-state index in [0.717, 1.165) is 42.3 Å². The van der Waals surface area contributed by atoms with Crippen molar-refractivity contribution in [3.05, 3.63) is 53.9 Å². The van der Waals surface area contributed by atoms with Gasteiger partial charge in [0.1, 0.15) is 23.4 Å². The summed E-state index contributed by atoms with van der Waals surface area (Å²) < 4.78 is 7.97. The van der Waals surface area contributed by atoms with Gasteiger partial charge in [0, 0.05) is 13.0 Å². The molecule has 1 unspecified atom stereocenters. The first-order chi connectivity index (χ1) is 11.3. The van der Waals surface area contributed by atoms with E-state index in [2.05, 4.69) is 28.4 Å². The summed E-state index contributed by atoms with van der Waals surface area (Å²) in [4.78, 5) is 4.46. The first-order valence-corrected chi connectivity index (χ1v) is 8.18. The molecular weight excluding hydrogens is 288 g/mol. The highest BCUT2D eigenvalue weighted by Crippen LogP contribution is 2.36. The minimum Gasteiger partial charge on any atom is -0.483 e. The lowest BCUT2D eigenvalue weighted by molar-refractivity contribution is 0.230. The first kappa shape index (κ1) is 14.1. The number of unbranched alkanes of at least 4 members (excludes halogenated alkanes) is 1. The molecule has 4 rings (SSSR count). The van der Waals surface area contributed by atoms with Gasteiger partial charge in [-0.1, -0.05) is 31.5 Å². The van der Waals surface area contributed by atoms with Gasteiger partial charge in [-0.3, -0.25) is 0 Å². The fraction of sp³-hybridized carbons (Fsp3) is 0.333. The van der Waals surface area contributed by atoms with Crippen LogP contribution in [0.4, 0.5) is 5.82 Å². The average Bonchev–Trinajstić information content (AvgIpc) is 3.18. The number of ether oxygens (including phenoxy) is 1. The zero-order chi connectivity index (χ0) is 15.6. The minimum absolute atomic E-state index is 0.0270. The quantitative estimate of drug-likeness (QED) is 0.731. The van der Waals surface area contributed by atoms with Crippen LogP contribution in [0.2, 0.25) is 0 Å². The second kappa shape index (κ2) is 5.91. The number of fused-ring (bicyclic) bond motifs is 2. The highest BCUT2D eigenvalue weighted by Gasteiger charge is 2.27. The summed E-state index contributed by atoms with van der Waals surface area (Å²) in [6.45, 7) is 3.12. The fourth-order valence-corrected chi connectivity index (χ4v) is 2.95. The summed E-state index contributed by atoms with van der Waals surface area (Å²) in [5, 5.41) is 8.04. The number of hydrogen-bond acceptors (Lipinski definition) is 4. The van der Waals surface area contributed by atoms with Crippen LogP contribution < -0.4 is 10.1 Å². The Balaban J connectivity index is 1.62. The highest BCUT2D eigenvalue weighted by atomic mass is 16.5. The van der Waals surface area contributed by atoms with Crippen molar-refractivity contribution in [1.29, 1.82) is 0 Å². The summed E-state index contributed by atoms with van der Waals surface area (Å²) in [5.41, 5.74) is 3.08. The Kier molecular flexibility index (Phi) is 3.61. The van der Waals surface area contributed by atoms with Crippen molar-refractivity contribution in [1.82, 2.24) is 14.6 Å². The molecule has 0 fully saturated rings. The van der Waals surface area contributed by atoms with E-state index in [1.54, 1.807) is 0 Å². The van der Waals surface area contributed by atoms with Crippen LogP contribution in [0.1, 0.15) is 37.1 Å². The van der Waals surface area contributed by atoms with Crippen molar-refractivity contribution in [2.75, 3.05) is 11.9 Å². The Hall–Kier alpha value is -2.56. The second-order valence-electron chi connectivity index (χ2n) is 5.87. The standard InChI is InChI=1S/C18H20N4O/c1-2-3-10-19-17-8-9-18-20-12-14(22(18)21-17)16-11-13-6-4-5-7-15(13)23-16/h4-9,12,16H,2-3,10-11H2,1H3,(H,19,21). The molecule has 23 heavy (non-hydrogen) atoms. The van der Waals surface area contributed by atoms with Crippen LogP contribution in [0.5, 0.6) is 5.75 Å². The van der Waals surface area contributed by atoms with Crippen molar-refractivity contribution in [3.63, 3.8) is 0 Å². The first-order valence-electron chi connectivity index (χ1n) is 8.18. The second-order valence-corrected chi connectivity index (χ2v) is 5.87. The molecule has 1 N–H and O–H groups in total. The maximum atomic E-state index is 6.08. The summed E-state index contributed by atoms with van der Waals surface area (Å²) in [6, 6.07) is 12.2. The van der Waals surface area contributed by atoms with E-state index in [1.165, 1.54) is 12.0 Å². The average molecular weight is 308 g/mol. The molecule has 5 heteroatoms. The van der Waals surface area contributed by atoms with Gasteiger partial charge < -0.3 is 10.1 Å². The minimum atomic E-state index is -0.0270. The Bertz CT molecular complexity index is 802. The van der Waals surface area contributed by atoms with Gasteiger partial charge in [-0.15, -0.1) is 5.10 Å². The number of imidazole rings is 1. The van der Waals surface area contributed by atoms with Gasteiger partial charge in [-0.2, -0.15) is 0 Å². The molecule has 0 saturated carbocycles. The molecule has 0 amide bonds. The maximum Gasteiger partial charge on any atom is 0.154 e. The van der Waals surface area contributed by atoms with Crippen LogP contribution in [-0.2, 0) is 6.42 Å². The van der Waals surface area contributed by atoms with Gasteiger partial charge in [0.25, 0.3) is 0 Å². The third-order valence-electron chi connectivity index (χ3n) is 4.20. The number of aromatic nitrogens is 3. The topological polar surface area (TPSA) is 51.5 Å². The lowest BCUT2D eigenvalue weighted by Crippen LogP contribution is -2.10. The predicted molar refractivity (Wildman–Crippen MR) is 89.9 cm³/mol. The number of anilines is 1. The molecular formula is C18H20N4O. The van der Waals surface area contributed by atoms with E-state index in [0.29, 0.717) is 0 Å². The van der Waals surface area contributed by atoms with Crippen molar-refractivity contribution >= 4 is 11.5 Å². The Morgan fingerprint density at radius 3 is 3.04 bits per heavy atom. The van der Waals surface area contributed by atoms with Gasteiger partial charge >= 0.3 is 0 Å². The molecule has 3 heterocycles. The van der Waals surface area contributed by atoms with Crippen LogP contribution in [0.3, 0.4) is 0 Å². The summed E-state index contributed by atoms with van der Waals surface area (Å²) in [7, 11) is 0. The molecule has 1 atom stereocenters. The molecule has 2 aromatic heterocycles. The fourth-order valence-electron chi connectivity index (χ4n) is 2.95. The molecule has 3 aromatic rings. The summed E-state index contributed by atoms with van der Waals surface area (Å²) in [6.07, 6.45) is 5.01. The van der Waals surface area contributed by atoms with E-state index in [4.69, 9.17) is 4.74 Å². The van der Waals surface area contributed by atoms with Gasteiger partial charge in [0.2, 0.25) is 0 Å². The monoisotopic (exact) mass is 308 g/mol.